The van der Waals surface area contributed by atoms with Gasteiger partial charge in [0.15, 0.2) is 0 Å². The summed E-state index contributed by atoms with van der Waals surface area (Å²) in [7, 11) is -9.19. The maximum atomic E-state index is 11.5. The van der Waals surface area contributed by atoms with E-state index < -0.39 is 30.0 Å². The number of thiazole rings is 1. The largest absolute Gasteiger partial charge is 0.295 e. The molecule has 0 saturated carbocycles. The van der Waals surface area contributed by atoms with Crippen molar-refractivity contribution >= 4 is 42.9 Å². The van der Waals surface area contributed by atoms with E-state index in [2.05, 4.69) is 15.5 Å². The maximum Gasteiger partial charge on any atom is 0.295 e. The number of hydrogen-bond donors (Lipinski definition) is 3. The van der Waals surface area contributed by atoms with Crippen LogP contribution >= 0.6 is 11.3 Å². The van der Waals surface area contributed by atoms with Gasteiger partial charge in [-0.05, 0) is 18.2 Å². The van der Waals surface area contributed by atoms with Crippen LogP contribution in [0.15, 0.2) is 68.8 Å². The van der Waals surface area contributed by atoms with Crippen LogP contribution in [0.4, 0.5) is 5.13 Å². The number of hydrazone groups is 1. The van der Waals surface area contributed by atoms with Crippen LogP contribution in [0, 0.1) is 0 Å². The standard InChI is InChI=1S/C16H13N3O6S3/c20-27(21,22)13-6-7-15(28(23,24)25)12(8-13)9-17-19-16-18-14(10-26-16)11-4-2-1-3-5-11/h1-10H,(H,18,19)(H,20,21,22)(H,23,24,25). The molecule has 0 fully saturated rings. The Kier molecular flexibility index (Phi) is 5.58. The first kappa shape index (κ1) is 20.1. The van der Waals surface area contributed by atoms with Crippen LogP contribution in [0.1, 0.15) is 5.56 Å². The van der Waals surface area contributed by atoms with Crippen LogP contribution < -0.4 is 5.43 Å². The molecule has 0 aliphatic rings. The Hall–Kier alpha value is -2.64. The Morgan fingerprint density at radius 3 is 2.36 bits per heavy atom. The number of nitrogens with one attached hydrogen (secondary N) is 1. The van der Waals surface area contributed by atoms with E-state index in [0.717, 1.165) is 35.7 Å². The summed E-state index contributed by atoms with van der Waals surface area (Å²) in [6, 6.07) is 12.0. The predicted octanol–water partition coefficient (Wildman–Crippen LogP) is 2.75. The molecule has 1 heterocycles. The molecule has 12 heteroatoms. The molecule has 3 aromatic rings. The van der Waals surface area contributed by atoms with Gasteiger partial charge < -0.3 is 0 Å². The normalized spacial score (nSPS) is 12.4. The molecule has 3 rings (SSSR count). The van der Waals surface area contributed by atoms with Crippen molar-refractivity contribution in [3.8, 4) is 11.3 Å². The van der Waals surface area contributed by atoms with Gasteiger partial charge in [-0.15, -0.1) is 11.3 Å². The summed E-state index contributed by atoms with van der Waals surface area (Å²) in [5, 5.41) is 6.05. The van der Waals surface area contributed by atoms with Crippen molar-refractivity contribution in [2.24, 2.45) is 5.10 Å². The van der Waals surface area contributed by atoms with E-state index in [4.69, 9.17) is 4.55 Å². The summed E-state index contributed by atoms with van der Waals surface area (Å²) < 4.78 is 63.8. The molecule has 9 nitrogen and oxygen atoms in total. The fourth-order valence-corrected chi connectivity index (χ4v) is 4.08. The van der Waals surface area contributed by atoms with Gasteiger partial charge in [0.2, 0.25) is 5.13 Å². The van der Waals surface area contributed by atoms with Crippen molar-refractivity contribution in [3.05, 3.63) is 59.5 Å². The van der Waals surface area contributed by atoms with Crippen LogP contribution in [-0.2, 0) is 20.2 Å². The van der Waals surface area contributed by atoms with E-state index in [1.165, 1.54) is 11.3 Å². The van der Waals surface area contributed by atoms with E-state index in [0.29, 0.717) is 5.13 Å². The van der Waals surface area contributed by atoms with Gasteiger partial charge in [-0.3, -0.25) is 14.5 Å². The van der Waals surface area contributed by atoms with Gasteiger partial charge in [-0.25, -0.2) is 4.98 Å². The van der Waals surface area contributed by atoms with Gasteiger partial charge in [-0.2, -0.15) is 21.9 Å². The molecule has 0 amide bonds. The third-order valence-electron chi connectivity index (χ3n) is 3.49. The van der Waals surface area contributed by atoms with Gasteiger partial charge in [-0.1, -0.05) is 30.3 Å². The first-order valence-corrected chi connectivity index (χ1v) is 11.3. The van der Waals surface area contributed by atoms with Gasteiger partial charge in [0.05, 0.1) is 16.8 Å². The Labute approximate surface area is 164 Å². The number of hydrogen-bond acceptors (Lipinski definition) is 8. The third-order valence-corrected chi connectivity index (χ3v) is 6.02. The lowest BCUT2D eigenvalue weighted by Gasteiger charge is -2.05. The molecule has 0 saturated heterocycles. The number of rotatable bonds is 6. The molecule has 0 spiro atoms. The Morgan fingerprint density at radius 2 is 1.71 bits per heavy atom. The van der Waals surface area contributed by atoms with Crippen LogP contribution in [0.25, 0.3) is 11.3 Å². The summed E-state index contributed by atoms with van der Waals surface area (Å²) in [5.41, 5.74) is 4.00. The van der Waals surface area contributed by atoms with Crippen molar-refractivity contribution in [2.75, 3.05) is 5.43 Å². The second kappa shape index (κ2) is 7.77. The molecule has 0 atom stereocenters. The first-order chi connectivity index (χ1) is 13.1. The second-order valence-corrected chi connectivity index (χ2v) is 9.09. The molecule has 2 aromatic carbocycles. The molecule has 0 bridgehead atoms. The van der Waals surface area contributed by atoms with Crippen molar-refractivity contribution in [3.63, 3.8) is 0 Å². The van der Waals surface area contributed by atoms with E-state index in [1.54, 1.807) is 5.38 Å². The summed E-state index contributed by atoms with van der Waals surface area (Å²) in [6.07, 6.45) is 1.00. The molecule has 0 aliphatic carbocycles. The van der Waals surface area contributed by atoms with Gasteiger partial charge in [0.1, 0.15) is 4.90 Å². The zero-order chi connectivity index (χ0) is 20.4. The summed E-state index contributed by atoms with van der Waals surface area (Å²) in [4.78, 5) is 3.23. The molecule has 0 radical (unpaired) electrons. The number of nitrogens with zero attached hydrogens (tertiary/aromatic N) is 2. The zero-order valence-electron chi connectivity index (χ0n) is 13.9. The average Bonchev–Trinajstić information content (AvgIpc) is 3.10. The van der Waals surface area contributed by atoms with Crippen molar-refractivity contribution in [1.29, 1.82) is 0 Å². The minimum Gasteiger partial charge on any atom is -0.282 e. The monoisotopic (exact) mass is 439 g/mol. The molecular weight excluding hydrogens is 426 g/mol. The quantitative estimate of drug-likeness (QED) is 0.302. The van der Waals surface area contributed by atoms with E-state index in [1.807, 2.05) is 30.3 Å². The summed E-state index contributed by atoms with van der Waals surface area (Å²) >= 11 is 1.26. The Morgan fingerprint density at radius 1 is 1.00 bits per heavy atom. The van der Waals surface area contributed by atoms with Crippen molar-refractivity contribution in [2.45, 2.75) is 9.79 Å². The van der Waals surface area contributed by atoms with Crippen LogP contribution in [0.2, 0.25) is 0 Å². The van der Waals surface area contributed by atoms with Gasteiger partial charge in [0, 0.05) is 16.5 Å². The van der Waals surface area contributed by atoms with Crippen LogP contribution in [-0.4, -0.2) is 37.1 Å². The second-order valence-electron chi connectivity index (χ2n) is 5.42. The fraction of sp³-hybridized carbons (Fsp3) is 0. The minimum atomic E-state index is -4.63. The molecule has 1 aromatic heterocycles. The number of aromatic nitrogens is 1. The molecule has 0 unspecified atom stereocenters. The van der Waals surface area contributed by atoms with E-state index >= 15 is 0 Å². The summed E-state index contributed by atoms with van der Waals surface area (Å²) in [5.74, 6) is 0. The smallest absolute Gasteiger partial charge is 0.282 e. The molecule has 146 valence electrons. The molecule has 0 aliphatic heterocycles. The Bertz CT molecular complexity index is 1240. The SMILES string of the molecule is O=S(=O)(O)c1ccc(S(=O)(=O)O)c(C=NNc2nc(-c3ccccc3)cs2)c1. The fourth-order valence-electron chi connectivity index (χ4n) is 2.25. The zero-order valence-corrected chi connectivity index (χ0v) is 16.4. The average molecular weight is 439 g/mol. The van der Waals surface area contributed by atoms with Crippen molar-refractivity contribution < 1.29 is 25.9 Å². The maximum absolute atomic E-state index is 11.5. The highest BCUT2D eigenvalue weighted by Gasteiger charge is 2.18. The molecule has 28 heavy (non-hydrogen) atoms. The van der Waals surface area contributed by atoms with Crippen LogP contribution in [0.5, 0.6) is 0 Å². The lowest BCUT2D eigenvalue weighted by atomic mass is 10.2. The lowest BCUT2D eigenvalue weighted by molar-refractivity contribution is 0.478. The molecular formula is C16H13N3O6S3. The Balaban J connectivity index is 1.87. The highest BCUT2D eigenvalue weighted by molar-refractivity contribution is 7.86. The van der Waals surface area contributed by atoms with E-state index in [-0.39, 0.29) is 5.56 Å². The number of benzene rings is 2. The van der Waals surface area contributed by atoms with Gasteiger partial charge in [0.25, 0.3) is 20.2 Å². The highest BCUT2D eigenvalue weighted by atomic mass is 32.2. The van der Waals surface area contributed by atoms with E-state index in [9.17, 15) is 21.4 Å². The van der Waals surface area contributed by atoms with Gasteiger partial charge >= 0.3 is 0 Å². The van der Waals surface area contributed by atoms with Crippen LogP contribution in [0.3, 0.4) is 0 Å². The summed E-state index contributed by atoms with van der Waals surface area (Å²) in [6.45, 7) is 0. The molecule has 3 N–H and O–H groups in total. The highest BCUT2D eigenvalue weighted by Crippen LogP contribution is 2.24. The topological polar surface area (TPSA) is 146 Å². The number of anilines is 1. The predicted molar refractivity (Wildman–Crippen MR) is 105 cm³/mol. The van der Waals surface area contributed by atoms with Crippen molar-refractivity contribution in [1.82, 2.24) is 4.98 Å². The minimum absolute atomic E-state index is 0.232. The first-order valence-electron chi connectivity index (χ1n) is 7.53. The lowest BCUT2D eigenvalue weighted by Crippen LogP contribution is -2.06. The third kappa shape index (κ3) is 4.79.